The molecule has 2 aromatic carbocycles. The summed E-state index contributed by atoms with van der Waals surface area (Å²) < 4.78 is 20.4. The third-order valence-electron chi connectivity index (χ3n) is 5.30. The third kappa shape index (κ3) is 5.14. The highest BCUT2D eigenvalue weighted by Gasteiger charge is 2.27. The Balaban J connectivity index is 1.51. The van der Waals surface area contributed by atoms with Gasteiger partial charge >= 0.3 is 0 Å². The Labute approximate surface area is 184 Å². The summed E-state index contributed by atoms with van der Waals surface area (Å²) >= 11 is 0. The van der Waals surface area contributed by atoms with Crippen LogP contribution < -0.4 is 5.32 Å². The monoisotopic (exact) mass is 438 g/mol. The zero-order chi connectivity index (χ0) is 22.3. The topological polar surface area (TPSA) is 102 Å². The van der Waals surface area contributed by atoms with Crippen LogP contribution in [0.1, 0.15) is 15.9 Å². The van der Waals surface area contributed by atoms with Crippen molar-refractivity contribution in [3.05, 3.63) is 71.8 Å². The second kappa shape index (κ2) is 10.1. The fourth-order valence-corrected chi connectivity index (χ4v) is 3.69. The second-order valence-electron chi connectivity index (χ2n) is 7.45. The fraction of sp³-hybridized carbons (Fsp3) is 0.318. The number of rotatable bonds is 7. The summed E-state index contributed by atoms with van der Waals surface area (Å²) in [5.41, 5.74) is 1.60. The van der Waals surface area contributed by atoms with Gasteiger partial charge in [0.25, 0.3) is 5.91 Å². The van der Waals surface area contributed by atoms with Gasteiger partial charge in [-0.1, -0.05) is 24.3 Å². The van der Waals surface area contributed by atoms with Crippen LogP contribution in [0.3, 0.4) is 0 Å². The van der Waals surface area contributed by atoms with Crippen LogP contribution >= 0.6 is 0 Å². The summed E-state index contributed by atoms with van der Waals surface area (Å²) in [4.78, 5) is 27.9. The molecule has 0 aliphatic carbocycles. The van der Waals surface area contributed by atoms with Gasteiger partial charge in [0.15, 0.2) is 0 Å². The molecular weight excluding hydrogens is 415 g/mol. The van der Waals surface area contributed by atoms with Crippen molar-refractivity contribution >= 4 is 11.8 Å². The minimum atomic E-state index is -0.543. The lowest BCUT2D eigenvalue weighted by Crippen LogP contribution is -2.47. The van der Waals surface area contributed by atoms with Crippen LogP contribution in [-0.2, 0) is 16.0 Å². The highest BCUT2D eigenvalue weighted by Crippen LogP contribution is 2.16. The number of carbonyl (C=O) groups excluding carboxylic acids is 2. The zero-order valence-electron chi connectivity index (χ0n) is 17.4. The van der Waals surface area contributed by atoms with Crippen molar-refractivity contribution in [2.24, 2.45) is 5.92 Å². The van der Waals surface area contributed by atoms with Crippen LogP contribution in [0.4, 0.5) is 4.39 Å². The van der Waals surface area contributed by atoms with Crippen molar-refractivity contribution in [2.75, 3.05) is 32.8 Å². The van der Waals surface area contributed by atoms with Gasteiger partial charge in [-0.05, 0) is 46.7 Å². The van der Waals surface area contributed by atoms with Crippen molar-refractivity contribution in [1.82, 2.24) is 30.4 Å². The number of benzene rings is 2. The molecule has 2 amide bonds. The number of ether oxygens (including phenoxy) is 1. The van der Waals surface area contributed by atoms with E-state index in [1.54, 1.807) is 41.3 Å². The number of tetrazole rings is 1. The van der Waals surface area contributed by atoms with E-state index in [-0.39, 0.29) is 24.2 Å². The van der Waals surface area contributed by atoms with E-state index < -0.39 is 5.92 Å². The van der Waals surface area contributed by atoms with Crippen LogP contribution in [0.15, 0.2) is 54.9 Å². The highest BCUT2D eigenvalue weighted by atomic mass is 19.1. The summed E-state index contributed by atoms with van der Waals surface area (Å²) in [6.45, 7) is 2.05. The molecule has 2 heterocycles. The molecule has 4 rings (SSSR count). The van der Waals surface area contributed by atoms with Crippen LogP contribution in [-0.4, -0.2) is 69.8 Å². The van der Waals surface area contributed by atoms with Gasteiger partial charge in [-0.15, -0.1) is 5.10 Å². The Kier molecular flexibility index (Phi) is 6.81. The van der Waals surface area contributed by atoms with Crippen molar-refractivity contribution < 1.29 is 18.7 Å². The molecule has 0 unspecified atom stereocenters. The van der Waals surface area contributed by atoms with E-state index in [1.807, 2.05) is 0 Å². The lowest BCUT2D eigenvalue weighted by molar-refractivity contribution is -0.139. The average Bonchev–Trinajstić information content (AvgIpc) is 3.36. The standard InChI is InChI=1S/C22H23FN6O3/c23-18-5-3-4-16(13-18)12-17(22(31)28-8-10-32-11-9-28)14-24-21(30)19-6-1-2-7-20(19)29-15-25-26-27-29/h1-7,13,15,17H,8-12,14H2,(H,24,30)/t17-/m0/s1. The Morgan fingerprint density at radius 1 is 1.12 bits per heavy atom. The van der Waals surface area contributed by atoms with E-state index >= 15 is 0 Å². The largest absolute Gasteiger partial charge is 0.378 e. The van der Waals surface area contributed by atoms with Crippen LogP contribution in [0.25, 0.3) is 5.69 Å². The third-order valence-corrected chi connectivity index (χ3v) is 5.30. The Morgan fingerprint density at radius 3 is 2.69 bits per heavy atom. The maximum absolute atomic E-state index is 13.7. The molecule has 1 fully saturated rings. The summed E-state index contributed by atoms with van der Waals surface area (Å²) in [5.74, 6) is -1.35. The molecule has 32 heavy (non-hydrogen) atoms. The molecule has 1 saturated heterocycles. The number of morpholine rings is 1. The molecule has 1 atom stereocenters. The Hall–Kier alpha value is -3.66. The van der Waals surface area contributed by atoms with Crippen LogP contribution in [0, 0.1) is 11.7 Å². The molecule has 0 saturated carbocycles. The number of nitrogens with zero attached hydrogens (tertiary/aromatic N) is 5. The van der Waals surface area contributed by atoms with Crippen molar-refractivity contribution in [3.8, 4) is 5.69 Å². The number of hydrogen-bond acceptors (Lipinski definition) is 6. The van der Waals surface area contributed by atoms with E-state index in [0.29, 0.717) is 49.5 Å². The minimum absolute atomic E-state index is 0.0911. The minimum Gasteiger partial charge on any atom is -0.378 e. The summed E-state index contributed by atoms with van der Waals surface area (Å²) in [5, 5.41) is 13.9. The Morgan fingerprint density at radius 2 is 1.94 bits per heavy atom. The molecule has 0 spiro atoms. The first-order chi connectivity index (χ1) is 15.6. The summed E-state index contributed by atoms with van der Waals surface area (Å²) in [6.07, 6.45) is 1.71. The van der Waals surface area contributed by atoms with Gasteiger partial charge in [-0.2, -0.15) is 4.68 Å². The lowest BCUT2D eigenvalue weighted by atomic mass is 9.97. The van der Waals surface area contributed by atoms with E-state index in [4.69, 9.17) is 4.74 Å². The number of carbonyl (C=O) groups is 2. The van der Waals surface area contributed by atoms with Gasteiger partial charge < -0.3 is 15.0 Å². The molecule has 1 N–H and O–H groups in total. The van der Waals surface area contributed by atoms with Gasteiger partial charge in [0.2, 0.25) is 5.91 Å². The Bertz CT molecular complexity index is 1070. The zero-order valence-corrected chi connectivity index (χ0v) is 17.4. The van der Waals surface area contributed by atoms with Crippen molar-refractivity contribution in [3.63, 3.8) is 0 Å². The fourth-order valence-electron chi connectivity index (χ4n) is 3.69. The first kappa shape index (κ1) is 21.6. The summed E-state index contributed by atoms with van der Waals surface area (Å²) in [6, 6.07) is 13.1. The van der Waals surface area contributed by atoms with E-state index in [1.165, 1.54) is 23.1 Å². The molecule has 1 aliphatic rings. The molecule has 10 heteroatoms. The normalized spacial score (nSPS) is 14.7. The summed E-state index contributed by atoms with van der Waals surface area (Å²) in [7, 11) is 0. The smallest absolute Gasteiger partial charge is 0.253 e. The molecule has 0 bridgehead atoms. The first-order valence-electron chi connectivity index (χ1n) is 10.3. The van der Waals surface area contributed by atoms with Crippen LogP contribution in [0.2, 0.25) is 0 Å². The SMILES string of the molecule is O=C(NC[C@H](Cc1cccc(F)c1)C(=O)N1CCOCC1)c1ccccc1-n1cnnn1. The van der Waals surface area contributed by atoms with Gasteiger partial charge in [-0.25, -0.2) is 4.39 Å². The molecule has 166 valence electrons. The first-order valence-corrected chi connectivity index (χ1v) is 10.3. The van der Waals surface area contributed by atoms with Gasteiger partial charge in [0.1, 0.15) is 12.1 Å². The highest BCUT2D eigenvalue weighted by molar-refractivity contribution is 5.98. The predicted molar refractivity (Wildman–Crippen MR) is 112 cm³/mol. The number of nitrogens with one attached hydrogen (secondary N) is 1. The molecule has 9 nitrogen and oxygen atoms in total. The van der Waals surface area contributed by atoms with Gasteiger partial charge in [0, 0.05) is 19.6 Å². The molecule has 0 radical (unpaired) electrons. The second-order valence-corrected chi connectivity index (χ2v) is 7.45. The predicted octanol–water partition coefficient (Wildman–Crippen LogP) is 1.25. The number of aromatic nitrogens is 4. The number of amides is 2. The quantitative estimate of drug-likeness (QED) is 0.596. The number of hydrogen-bond donors (Lipinski definition) is 1. The molecular formula is C22H23FN6O3. The van der Waals surface area contributed by atoms with Crippen molar-refractivity contribution in [2.45, 2.75) is 6.42 Å². The maximum Gasteiger partial charge on any atom is 0.253 e. The van der Waals surface area contributed by atoms with Crippen LogP contribution in [0.5, 0.6) is 0 Å². The molecule has 3 aromatic rings. The van der Waals surface area contributed by atoms with E-state index in [9.17, 15) is 14.0 Å². The molecule has 1 aromatic heterocycles. The lowest BCUT2D eigenvalue weighted by Gasteiger charge is -2.30. The van der Waals surface area contributed by atoms with E-state index in [0.717, 1.165) is 0 Å². The van der Waals surface area contributed by atoms with Crippen molar-refractivity contribution in [1.29, 1.82) is 0 Å². The number of halogens is 1. The van der Waals surface area contributed by atoms with Gasteiger partial charge in [0.05, 0.1) is 30.4 Å². The van der Waals surface area contributed by atoms with E-state index in [2.05, 4.69) is 20.8 Å². The number of para-hydroxylation sites is 1. The van der Waals surface area contributed by atoms with Gasteiger partial charge in [-0.3, -0.25) is 9.59 Å². The maximum atomic E-state index is 13.7. The average molecular weight is 438 g/mol. The molecule has 1 aliphatic heterocycles.